The average molecular weight is 394 g/mol. The minimum atomic E-state index is -0.129. The second-order valence-corrected chi connectivity index (χ2v) is 7.92. The molecule has 3 amide bonds. The normalized spacial score (nSPS) is 17.0. The van der Waals surface area contributed by atoms with E-state index in [-0.39, 0.29) is 17.7 Å². The molecule has 0 spiro atoms. The van der Waals surface area contributed by atoms with Crippen molar-refractivity contribution in [3.05, 3.63) is 11.1 Å². The van der Waals surface area contributed by atoms with Crippen molar-refractivity contribution >= 4 is 34.2 Å². The fourth-order valence-corrected chi connectivity index (χ4v) is 4.12. The molecule has 8 nitrogen and oxygen atoms in total. The van der Waals surface area contributed by atoms with E-state index >= 15 is 0 Å². The molecule has 27 heavy (non-hydrogen) atoms. The van der Waals surface area contributed by atoms with Gasteiger partial charge in [0.15, 0.2) is 5.13 Å². The summed E-state index contributed by atoms with van der Waals surface area (Å²) in [6, 6.07) is 0. The van der Waals surface area contributed by atoms with Crippen molar-refractivity contribution < 1.29 is 14.4 Å². The van der Waals surface area contributed by atoms with Gasteiger partial charge in [0.05, 0.1) is 6.20 Å². The Morgan fingerprint density at radius 2 is 1.67 bits per heavy atom. The van der Waals surface area contributed by atoms with Crippen LogP contribution in [0.25, 0.3) is 0 Å². The van der Waals surface area contributed by atoms with Crippen LogP contribution >= 0.6 is 11.3 Å². The molecule has 2 aliphatic rings. The van der Waals surface area contributed by atoms with Crippen LogP contribution in [-0.4, -0.2) is 71.8 Å². The molecule has 0 unspecified atom stereocenters. The van der Waals surface area contributed by atoms with E-state index in [9.17, 15) is 14.4 Å². The molecule has 1 aromatic rings. The van der Waals surface area contributed by atoms with Crippen LogP contribution in [0.2, 0.25) is 0 Å². The van der Waals surface area contributed by atoms with Gasteiger partial charge in [0.1, 0.15) is 4.88 Å². The highest BCUT2D eigenvalue weighted by Crippen LogP contribution is 2.18. The highest BCUT2D eigenvalue weighted by atomic mass is 32.1. The van der Waals surface area contributed by atoms with Gasteiger partial charge in [-0.25, -0.2) is 4.98 Å². The van der Waals surface area contributed by atoms with E-state index in [0.717, 1.165) is 57.0 Å². The lowest BCUT2D eigenvalue weighted by atomic mass is 10.3. The third kappa shape index (κ3) is 5.66. The minimum absolute atomic E-state index is 0.129. The van der Waals surface area contributed by atoms with Crippen LogP contribution in [-0.2, 0) is 9.59 Å². The van der Waals surface area contributed by atoms with E-state index in [0.29, 0.717) is 30.8 Å². The number of nitrogens with zero attached hydrogens (tertiary/aromatic N) is 3. The zero-order valence-electron chi connectivity index (χ0n) is 15.5. The third-order valence-corrected chi connectivity index (χ3v) is 5.80. The number of amides is 3. The number of likely N-dealkylation sites (tertiary alicyclic amines) is 2. The van der Waals surface area contributed by atoms with Gasteiger partial charge in [0, 0.05) is 52.1 Å². The lowest BCUT2D eigenvalue weighted by Crippen LogP contribution is -2.30. The maximum Gasteiger partial charge on any atom is 0.263 e. The first-order valence-corrected chi connectivity index (χ1v) is 10.5. The molecule has 9 heteroatoms. The molecule has 2 saturated heterocycles. The fourth-order valence-electron chi connectivity index (χ4n) is 3.37. The number of hydrogen-bond acceptors (Lipinski definition) is 6. The van der Waals surface area contributed by atoms with Crippen molar-refractivity contribution in [2.45, 2.75) is 38.5 Å². The summed E-state index contributed by atoms with van der Waals surface area (Å²) in [6.07, 6.45) is 6.43. The molecule has 0 radical (unpaired) electrons. The van der Waals surface area contributed by atoms with Crippen molar-refractivity contribution in [2.75, 3.05) is 44.6 Å². The average Bonchev–Trinajstić information content (AvgIpc) is 3.38. The number of aromatic nitrogens is 1. The molecule has 0 saturated carbocycles. The van der Waals surface area contributed by atoms with Gasteiger partial charge in [-0.2, -0.15) is 0 Å². The van der Waals surface area contributed by atoms with E-state index in [1.54, 1.807) is 6.20 Å². The Labute approximate surface area is 163 Å². The Morgan fingerprint density at radius 1 is 1.04 bits per heavy atom. The van der Waals surface area contributed by atoms with E-state index in [1.165, 1.54) is 11.3 Å². The predicted molar refractivity (Wildman–Crippen MR) is 104 cm³/mol. The molecule has 3 rings (SSSR count). The summed E-state index contributed by atoms with van der Waals surface area (Å²) in [5.74, 6) is 0.335. The molecular weight excluding hydrogens is 366 g/mol. The minimum Gasteiger partial charge on any atom is -0.361 e. The van der Waals surface area contributed by atoms with Gasteiger partial charge in [-0.1, -0.05) is 11.3 Å². The smallest absolute Gasteiger partial charge is 0.263 e. The zero-order valence-corrected chi connectivity index (χ0v) is 16.4. The zero-order chi connectivity index (χ0) is 19.1. The van der Waals surface area contributed by atoms with Crippen LogP contribution in [0.3, 0.4) is 0 Å². The SMILES string of the molecule is O=C(NCCCN1CCCC1=O)c1cnc(NCCCN2CCCC2=O)s1. The van der Waals surface area contributed by atoms with E-state index < -0.39 is 0 Å². The van der Waals surface area contributed by atoms with E-state index in [4.69, 9.17) is 0 Å². The van der Waals surface area contributed by atoms with Gasteiger partial charge in [-0.05, 0) is 25.7 Å². The van der Waals surface area contributed by atoms with Crippen LogP contribution < -0.4 is 10.6 Å². The number of carbonyl (C=O) groups excluding carboxylic acids is 3. The molecule has 1 aromatic heterocycles. The lowest BCUT2D eigenvalue weighted by Gasteiger charge is -2.15. The standard InChI is InChI=1S/C18H27N5O3S/c24-15-5-1-9-22(15)11-3-7-19-17(26)14-13-21-18(27-14)20-8-4-12-23-10-2-6-16(23)25/h13H,1-12H2,(H,19,26)(H,20,21). The summed E-state index contributed by atoms with van der Waals surface area (Å²) in [4.78, 5) is 43.8. The Balaban J connectivity index is 1.30. The first-order chi connectivity index (χ1) is 13.1. The number of nitrogens with one attached hydrogen (secondary N) is 2. The van der Waals surface area contributed by atoms with Gasteiger partial charge in [-0.15, -0.1) is 0 Å². The Kier molecular flexibility index (Phi) is 7.03. The maximum absolute atomic E-state index is 12.2. The van der Waals surface area contributed by atoms with Gasteiger partial charge >= 0.3 is 0 Å². The molecule has 3 heterocycles. The molecule has 0 aromatic carbocycles. The Hall–Kier alpha value is -2.16. The van der Waals surface area contributed by atoms with Crippen molar-refractivity contribution in [3.63, 3.8) is 0 Å². The highest BCUT2D eigenvalue weighted by Gasteiger charge is 2.20. The van der Waals surface area contributed by atoms with E-state index in [1.807, 2.05) is 9.80 Å². The summed E-state index contributed by atoms with van der Waals surface area (Å²) < 4.78 is 0. The van der Waals surface area contributed by atoms with Gasteiger partial charge in [-0.3, -0.25) is 14.4 Å². The summed E-state index contributed by atoms with van der Waals surface area (Å²) in [5, 5.41) is 6.81. The topological polar surface area (TPSA) is 94.6 Å². The van der Waals surface area contributed by atoms with Crippen LogP contribution in [0.5, 0.6) is 0 Å². The van der Waals surface area contributed by atoms with Crippen LogP contribution in [0, 0.1) is 0 Å². The second-order valence-electron chi connectivity index (χ2n) is 6.89. The van der Waals surface area contributed by atoms with Crippen molar-refractivity contribution in [1.29, 1.82) is 0 Å². The molecule has 0 atom stereocenters. The number of hydrogen-bond donors (Lipinski definition) is 2. The molecule has 0 aliphatic carbocycles. The summed E-state index contributed by atoms with van der Waals surface area (Å²) >= 11 is 1.33. The summed E-state index contributed by atoms with van der Waals surface area (Å²) in [5.41, 5.74) is 0. The number of thiazole rings is 1. The largest absolute Gasteiger partial charge is 0.361 e. The first kappa shape index (κ1) is 19.6. The molecule has 2 fully saturated rings. The molecule has 2 N–H and O–H groups in total. The number of rotatable bonds is 10. The molecular formula is C18H27N5O3S. The lowest BCUT2D eigenvalue weighted by molar-refractivity contribution is -0.128. The van der Waals surface area contributed by atoms with Crippen LogP contribution in [0.1, 0.15) is 48.2 Å². The summed E-state index contributed by atoms with van der Waals surface area (Å²) in [7, 11) is 0. The Bertz CT molecular complexity index is 678. The Morgan fingerprint density at radius 3 is 2.26 bits per heavy atom. The monoisotopic (exact) mass is 393 g/mol. The first-order valence-electron chi connectivity index (χ1n) is 9.67. The number of carbonyl (C=O) groups is 3. The summed E-state index contributed by atoms with van der Waals surface area (Å²) in [6.45, 7) is 4.45. The quantitative estimate of drug-likeness (QED) is 0.585. The predicted octanol–water partition coefficient (Wildman–Crippen LogP) is 1.31. The molecule has 148 valence electrons. The van der Waals surface area contributed by atoms with Gasteiger partial charge in [0.25, 0.3) is 5.91 Å². The fraction of sp³-hybridized carbons (Fsp3) is 0.667. The molecule has 0 bridgehead atoms. The highest BCUT2D eigenvalue weighted by molar-refractivity contribution is 7.17. The number of anilines is 1. The van der Waals surface area contributed by atoms with Gasteiger partial charge < -0.3 is 20.4 Å². The van der Waals surface area contributed by atoms with Crippen molar-refractivity contribution in [1.82, 2.24) is 20.1 Å². The van der Waals surface area contributed by atoms with Crippen molar-refractivity contribution in [2.24, 2.45) is 0 Å². The van der Waals surface area contributed by atoms with Crippen LogP contribution in [0.15, 0.2) is 6.20 Å². The van der Waals surface area contributed by atoms with E-state index in [2.05, 4.69) is 15.6 Å². The van der Waals surface area contributed by atoms with Gasteiger partial charge in [0.2, 0.25) is 11.8 Å². The molecule has 2 aliphatic heterocycles. The van der Waals surface area contributed by atoms with Crippen LogP contribution in [0.4, 0.5) is 5.13 Å². The second kappa shape index (κ2) is 9.68. The van der Waals surface area contributed by atoms with Crippen molar-refractivity contribution in [3.8, 4) is 0 Å². The maximum atomic E-state index is 12.2. The third-order valence-electron chi connectivity index (χ3n) is 4.84.